The first-order valence-corrected chi connectivity index (χ1v) is 6.28. The van der Waals surface area contributed by atoms with Crippen LogP contribution in [-0.4, -0.2) is 30.1 Å². The monoisotopic (exact) mass is 282 g/mol. The largest absolute Gasteiger partial charge is 0.484 e. The van der Waals surface area contributed by atoms with Gasteiger partial charge >= 0.3 is 11.7 Å². The van der Waals surface area contributed by atoms with Gasteiger partial charge in [-0.3, -0.25) is 14.9 Å². The van der Waals surface area contributed by atoms with Crippen LogP contribution in [0.1, 0.15) is 20.8 Å². The van der Waals surface area contributed by atoms with Gasteiger partial charge in [-0.25, -0.2) is 0 Å². The average molecular weight is 282 g/mol. The minimum Gasteiger partial charge on any atom is -0.484 e. The predicted molar refractivity (Wildman–Crippen MR) is 74.0 cm³/mol. The van der Waals surface area contributed by atoms with Crippen molar-refractivity contribution in [1.82, 2.24) is 0 Å². The minimum atomic E-state index is -0.507. The van der Waals surface area contributed by atoms with Crippen LogP contribution in [0.15, 0.2) is 18.2 Å². The van der Waals surface area contributed by atoms with Crippen LogP contribution in [0.4, 0.5) is 11.4 Å². The highest BCUT2D eigenvalue weighted by Gasteiger charge is 2.17. The van der Waals surface area contributed by atoms with E-state index >= 15 is 0 Å². The third-order valence-corrected chi connectivity index (χ3v) is 2.26. The Labute approximate surface area is 117 Å². The van der Waals surface area contributed by atoms with E-state index in [4.69, 9.17) is 9.47 Å². The molecule has 0 amide bonds. The van der Waals surface area contributed by atoms with E-state index in [9.17, 15) is 14.9 Å². The molecule has 0 saturated carbocycles. The quantitative estimate of drug-likeness (QED) is 0.469. The van der Waals surface area contributed by atoms with Crippen LogP contribution in [0.2, 0.25) is 0 Å². The van der Waals surface area contributed by atoms with Crippen LogP contribution < -0.4 is 10.1 Å². The van der Waals surface area contributed by atoms with Crippen molar-refractivity contribution in [2.75, 3.05) is 18.5 Å². The summed E-state index contributed by atoms with van der Waals surface area (Å²) in [4.78, 5) is 21.6. The average Bonchev–Trinajstić information content (AvgIpc) is 2.36. The van der Waals surface area contributed by atoms with Crippen LogP contribution in [0.3, 0.4) is 0 Å². The third-order valence-electron chi connectivity index (χ3n) is 2.26. The van der Waals surface area contributed by atoms with Gasteiger partial charge in [-0.05, 0) is 26.8 Å². The Hall–Kier alpha value is -2.31. The standard InChI is InChI=1S/C13H18N2O5/c1-4-19-13(16)8-14-10-5-6-11(15(17)18)12(7-10)20-9(2)3/h5-7,9,14H,4,8H2,1-3H3. The van der Waals surface area contributed by atoms with E-state index in [1.165, 1.54) is 18.2 Å². The topological polar surface area (TPSA) is 90.7 Å². The second-order valence-electron chi connectivity index (χ2n) is 4.26. The molecule has 0 saturated heterocycles. The van der Waals surface area contributed by atoms with Gasteiger partial charge in [0.2, 0.25) is 0 Å². The number of anilines is 1. The van der Waals surface area contributed by atoms with Gasteiger partial charge in [0.05, 0.1) is 17.6 Å². The molecule has 0 radical (unpaired) electrons. The lowest BCUT2D eigenvalue weighted by atomic mass is 10.2. The number of ether oxygens (including phenoxy) is 2. The van der Waals surface area contributed by atoms with Crippen LogP contribution in [0.25, 0.3) is 0 Å². The molecule has 0 atom stereocenters. The van der Waals surface area contributed by atoms with E-state index < -0.39 is 10.9 Å². The van der Waals surface area contributed by atoms with Gasteiger partial charge in [0.25, 0.3) is 0 Å². The molecule has 1 aromatic carbocycles. The molecule has 110 valence electrons. The number of hydrogen-bond donors (Lipinski definition) is 1. The van der Waals surface area contributed by atoms with Crippen molar-refractivity contribution in [3.8, 4) is 5.75 Å². The second kappa shape index (κ2) is 7.32. The van der Waals surface area contributed by atoms with Crippen molar-refractivity contribution in [3.63, 3.8) is 0 Å². The third kappa shape index (κ3) is 4.75. The zero-order valence-electron chi connectivity index (χ0n) is 11.7. The van der Waals surface area contributed by atoms with E-state index in [-0.39, 0.29) is 24.1 Å². The van der Waals surface area contributed by atoms with Gasteiger partial charge in [-0.1, -0.05) is 0 Å². The molecule has 7 nitrogen and oxygen atoms in total. The maximum absolute atomic E-state index is 11.2. The SMILES string of the molecule is CCOC(=O)CNc1ccc([N+](=O)[O-])c(OC(C)C)c1. The number of nitrogens with one attached hydrogen (secondary N) is 1. The maximum atomic E-state index is 11.2. The fourth-order valence-electron chi connectivity index (χ4n) is 1.51. The summed E-state index contributed by atoms with van der Waals surface area (Å²) in [7, 11) is 0. The summed E-state index contributed by atoms with van der Waals surface area (Å²) in [6, 6.07) is 4.35. The fraction of sp³-hybridized carbons (Fsp3) is 0.462. The molecule has 0 bridgehead atoms. The Kier molecular flexibility index (Phi) is 5.76. The molecule has 1 N–H and O–H groups in total. The summed E-state index contributed by atoms with van der Waals surface area (Å²) in [6.45, 7) is 5.58. The van der Waals surface area contributed by atoms with Gasteiger partial charge in [-0.15, -0.1) is 0 Å². The number of nitro groups is 1. The molecular formula is C13H18N2O5. The number of rotatable bonds is 7. The highest BCUT2D eigenvalue weighted by Crippen LogP contribution is 2.30. The normalized spacial score (nSPS) is 10.2. The Morgan fingerprint density at radius 1 is 1.45 bits per heavy atom. The minimum absolute atomic E-state index is 0.00717. The molecule has 0 fully saturated rings. The van der Waals surface area contributed by atoms with E-state index in [1.807, 2.05) is 0 Å². The van der Waals surface area contributed by atoms with Gasteiger partial charge in [-0.2, -0.15) is 0 Å². The van der Waals surface area contributed by atoms with Crippen molar-refractivity contribution in [2.24, 2.45) is 0 Å². The van der Waals surface area contributed by atoms with E-state index in [0.717, 1.165) is 0 Å². The number of hydrogen-bond acceptors (Lipinski definition) is 6. The van der Waals surface area contributed by atoms with E-state index in [1.54, 1.807) is 20.8 Å². The number of nitro benzene ring substituents is 1. The van der Waals surface area contributed by atoms with Crippen molar-refractivity contribution >= 4 is 17.3 Å². The molecule has 0 aliphatic heterocycles. The molecule has 0 aliphatic rings. The van der Waals surface area contributed by atoms with E-state index in [2.05, 4.69) is 5.32 Å². The van der Waals surface area contributed by atoms with Crippen molar-refractivity contribution < 1.29 is 19.2 Å². The van der Waals surface area contributed by atoms with Gasteiger partial charge in [0.15, 0.2) is 5.75 Å². The van der Waals surface area contributed by atoms with Gasteiger partial charge < -0.3 is 14.8 Å². The maximum Gasteiger partial charge on any atom is 0.325 e. The van der Waals surface area contributed by atoms with Crippen LogP contribution in [0, 0.1) is 10.1 Å². The fourth-order valence-corrected chi connectivity index (χ4v) is 1.51. The van der Waals surface area contributed by atoms with Crippen LogP contribution in [0.5, 0.6) is 5.75 Å². The molecule has 0 unspecified atom stereocenters. The Balaban J connectivity index is 2.83. The smallest absolute Gasteiger partial charge is 0.325 e. The predicted octanol–water partition coefficient (Wildman–Crippen LogP) is 2.36. The summed E-state index contributed by atoms with van der Waals surface area (Å²) in [6.07, 6.45) is -0.186. The lowest BCUT2D eigenvalue weighted by Crippen LogP contribution is -2.16. The molecule has 0 heterocycles. The summed E-state index contributed by atoms with van der Waals surface area (Å²) in [5.41, 5.74) is 0.444. The molecule has 7 heteroatoms. The van der Waals surface area contributed by atoms with Crippen LogP contribution in [-0.2, 0) is 9.53 Å². The number of nitrogens with zero attached hydrogens (tertiary/aromatic N) is 1. The summed E-state index contributed by atoms with van der Waals surface area (Å²) < 4.78 is 10.2. The molecule has 0 aromatic heterocycles. The molecule has 0 spiro atoms. The first-order valence-electron chi connectivity index (χ1n) is 6.28. The second-order valence-corrected chi connectivity index (χ2v) is 4.26. The summed E-state index contributed by atoms with van der Waals surface area (Å²) in [5.74, 6) is -0.226. The summed E-state index contributed by atoms with van der Waals surface area (Å²) in [5, 5.41) is 13.7. The van der Waals surface area contributed by atoms with Gasteiger partial charge in [0.1, 0.15) is 6.54 Å². The molecule has 1 rings (SSSR count). The zero-order chi connectivity index (χ0) is 15.1. The summed E-state index contributed by atoms with van der Waals surface area (Å²) >= 11 is 0. The number of carbonyl (C=O) groups is 1. The highest BCUT2D eigenvalue weighted by atomic mass is 16.6. The molecule has 1 aromatic rings. The molecular weight excluding hydrogens is 264 g/mol. The Bertz CT molecular complexity index is 488. The molecule has 20 heavy (non-hydrogen) atoms. The first kappa shape index (κ1) is 15.7. The number of esters is 1. The van der Waals surface area contributed by atoms with Crippen molar-refractivity contribution in [3.05, 3.63) is 28.3 Å². The molecule has 0 aliphatic carbocycles. The van der Waals surface area contributed by atoms with Gasteiger partial charge in [0, 0.05) is 17.8 Å². The number of benzene rings is 1. The lowest BCUT2D eigenvalue weighted by molar-refractivity contribution is -0.386. The van der Waals surface area contributed by atoms with Crippen LogP contribution >= 0.6 is 0 Å². The van der Waals surface area contributed by atoms with Crippen molar-refractivity contribution in [1.29, 1.82) is 0 Å². The first-order chi connectivity index (χ1) is 9.43. The van der Waals surface area contributed by atoms with E-state index in [0.29, 0.717) is 12.3 Å². The number of carbonyl (C=O) groups excluding carboxylic acids is 1. The Morgan fingerprint density at radius 2 is 2.15 bits per heavy atom. The lowest BCUT2D eigenvalue weighted by Gasteiger charge is -2.12. The van der Waals surface area contributed by atoms with Crippen molar-refractivity contribution in [2.45, 2.75) is 26.9 Å². The Morgan fingerprint density at radius 3 is 2.70 bits per heavy atom. The highest BCUT2D eigenvalue weighted by molar-refractivity contribution is 5.75. The zero-order valence-corrected chi connectivity index (χ0v) is 11.7.